The Morgan fingerprint density at radius 1 is 1.14 bits per heavy atom. The molecule has 0 spiro atoms. The van der Waals surface area contributed by atoms with Crippen LogP contribution in [-0.2, 0) is 0 Å². The molecule has 3 aromatic rings. The molecule has 0 atom stereocenters. The number of phenols is 1. The topological polar surface area (TPSA) is 46.5 Å². The van der Waals surface area contributed by atoms with Gasteiger partial charge in [0.2, 0.25) is 0 Å². The van der Waals surface area contributed by atoms with E-state index in [1.165, 1.54) is 17.4 Å². The van der Waals surface area contributed by atoms with Crippen molar-refractivity contribution in [3.63, 3.8) is 0 Å². The maximum atomic E-state index is 12.3. The van der Waals surface area contributed by atoms with Crippen molar-refractivity contribution in [1.29, 1.82) is 0 Å². The van der Waals surface area contributed by atoms with Gasteiger partial charge in [0.05, 0.1) is 12.7 Å². The van der Waals surface area contributed by atoms with Crippen molar-refractivity contribution in [1.82, 2.24) is 0 Å². The van der Waals surface area contributed by atoms with Gasteiger partial charge in [0.15, 0.2) is 5.78 Å². The number of fused-ring (bicyclic) bond motifs is 1. The Balaban J connectivity index is 1.85. The van der Waals surface area contributed by atoms with Crippen LogP contribution in [0.3, 0.4) is 0 Å². The normalized spacial score (nSPS) is 11.1. The average molecular weight is 310 g/mol. The second-order valence-corrected chi connectivity index (χ2v) is 5.71. The molecule has 1 aromatic heterocycles. The largest absolute Gasteiger partial charge is 0.506 e. The molecule has 0 radical (unpaired) electrons. The molecule has 0 aliphatic heterocycles. The smallest absolute Gasteiger partial charge is 0.189 e. The van der Waals surface area contributed by atoms with Crippen LogP contribution in [0.15, 0.2) is 53.9 Å². The zero-order valence-electron chi connectivity index (χ0n) is 11.9. The van der Waals surface area contributed by atoms with E-state index in [2.05, 4.69) is 0 Å². The van der Waals surface area contributed by atoms with E-state index in [9.17, 15) is 9.90 Å². The Morgan fingerprint density at radius 3 is 2.64 bits per heavy atom. The first-order chi connectivity index (χ1) is 10.7. The van der Waals surface area contributed by atoms with Gasteiger partial charge in [0.1, 0.15) is 11.5 Å². The van der Waals surface area contributed by atoms with Gasteiger partial charge in [-0.2, -0.15) is 0 Å². The molecule has 1 heterocycles. The van der Waals surface area contributed by atoms with Gasteiger partial charge in [-0.1, -0.05) is 18.2 Å². The molecule has 0 aliphatic carbocycles. The van der Waals surface area contributed by atoms with Crippen LogP contribution in [-0.4, -0.2) is 18.0 Å². The predicted octanol–water partition coefficient (Wildman–Crippen LogP) is 4.51. The number of hydrogen-bond acceptors (Lipinski definition) is 4. The maximum Gasteiger partial charge on any atom is 0.189 e. The van der Waals surface area contributed by atoms with Crippen LogP contribution in [0.25, 0.3) is 16.2 Å². The van der Waals surface area contributed by atoms with Gasteiger partial charge in [0, 0.05) is 10.1 Å². The molecule has 0 unspecified atom stereocenters. The third-order valence-corrected chi connectivity index (χ3v) is 4.30. The highest BCUT2D eigenvalue weighted by molar-refractivity contribution is 7.17. The number of allylic oxidation sites excluding steroid dienone is 1. The molecule has 0 aliphatic rings. The monoisotopic (exact) mass is 310 g/mol. The minimum atomic E-state index is -0.221. The minimum Gasteiger partial charge on any atom is -0.506 e. The Kier molecular flexibility index (Phi) is 3.94. The summed E-state index contributed by atoms with van der Waals surface area (Å²) in [4.78, 5) is 12.3. The summed E-state index contributed by atoms with van der Waals surface area (Å²) in [6.45, 7) is 0. The van der Waals surface area contributed by atoms with Crippen LogP contribution in [0.1, 0.15) is 15.9 Å². The summed E-state index contributed by atoms with van der Waals surface area (Å²) in [5.74, 6) is 0.591. The van der Waals surface area contributed by atoms with Gasteiger partial charge in [-0.15, -0.1) is 11.3 Å². The van der Waals surface area contributed by atoms with Gasteiger partial charge in [-0.3, -0.25) is 4.79 Å². The highest BCUT2D eigenvalue weighted by Gasteiger charge is 2.12. The summed E-state index contributed by atoms with van der Waals surface area (Å²) in [5, 5.41) is 12.8. The molecule has 0 amide bonds. The fourth-order valence-corrected chi connectivity index (χ4v) is 2.99. The lowest BCUT2D eigenvalue weighted by Crippen LogP contribution is -1.94. The molecule has 0 fully saturated rings. The highest BCUT2D eigenvalue weighted by Crippen LogP contribution is 2.32. The van der Waals surface area contributed by atoms with Crippen molar-refractivity contribution >= 4 is 33.3 Å². The van der Waals surface area contributed by atoms with Crippen molar-refractivity contribution in [3.8, 4) is 11.5 Å². The lowest BCUT2D eigenvalue weighted by Gasteiger charge is -2.02. The van der Waals surface area contributed by atoms with Gasteiger partial charge in [-0.25, -0.2) is 0 Å². The number of benzene rings is 2. The lowest BCUT2D eigenvalue weighted by molar-refractivity contribution is 0.104. The van der Waals surface area contributed by atoms with Crippen LogP contribution in [0.4, 0.5) is 0 Å². The number of carbonyl (C=O) groups excluding carboxylic acids is 1. The third kappa shape index (κ3) is 2.73. The summed E-state index contributed by atoms with van der Waals surface area (Å²) in [6, 6.07) is 12.7. The first-order valence-electron chi connectivity index (χ1n) is 6.74. The van der Waals surface area contributed by atoms with E-state index in [4.69, 9.17) is 4.74 Å². The van der Waals surface area contributed by atoms with E-state index < -0.39 is 0 Å². The third-order valence-electron chi connectivity index (χ3n) is 3.42. The zero-order valence-corrected chi connectivity index (χ0v) is 12.8. The Hall–Kier alpha value is -2.59. The lowest BCUT2D eigenvalue weighted by atomic mass is 10.1. The van der Waals surface area contributed by atoms with Crippen molar-refractivity contribution in [2.75, 3.05) is 7.11 Å². The van der Waals surface area contributed by atoms with E-state index in [1.807, 2.05) is 41.8 Å². The molecule has 3 rings (SSSR count). The summed E-state index contributed by atoms with van der Waals surface area (Å²) >= 11 is 1.53. The molecule has 110 valence electrons. The number of thiophene rings is 1. The zero-order chi connectivity index (χ0) is 15.5. The molecule has 0 saturated carbocycles. The number of ketones is 1. The molecule has 2 aromatic carbocycles. The quantitative estimate of drug-likeness (QED) is 0.569. The summed E-state index contributed by atoms with van der Waals surface area (Å²) in [6.07, 6.45) is 3.19. The molecular formula is C18H14O3S. The first kappa shape index (κ1) is 14.4. The molecule has 3 nitrogen and oxygen atoms in total. The Bertz CT molecular complexity index is 844. The minimum absolute atomic E-state index is 0.0446. The van der Waals surface area contributed by atoms with Crippen LogP contribution in [0.2, 0.25) is 0 Å². The Morgan fingerprint density at radius 2 is 1.91 bits per heavy atom. The van der Waals surface area contributed by atoms with Crippen LogP contribution in [0.5, 0.6) is 11.5 Å². The number of phenolic OH excluding ortho intramolecular Hbond substituents is 1. The predicted molar refractivity (Wildman–Crippen MR) is 89.8 cm³/mol. The van der Waals surface area contributed by atoms with E-state index in [0.29, 0.717) is 10.9 Å². The van der Waals surface area contributed by atoms with Gasteiger partial charge >= 0.3 is 0 Å². The van der Waals surface area contributed by atoms with Crippen LogP contribution < -0.4 is 4.74 Å². The number of methoxy groups -OCH3 is 1. The van der Waals surface area contributed by atoms with E-state index in [0.717, 1.165) is 16.0 Å². The second kappa shape index (κ2) is 6.03. The molecular weight excluding hydrogens is 296 g/mol. The number of ether oxygens (including phenoxy) is 1. The highest BCUT2D eigenvalue weighted by atomic mass is 32.1. The van der Waals surface area contributed by atoms with Crippen molar-refractivity contribution < 1.29 is 14.6 Å². The number of aromatic hydroxyl groups is 1. The van der Waals surface area contributed by atoms with Gasteiger partial charge in [0.25, 0.3) is 0 Å². The van der Waals surface area contributed by atoms with Gasteiger partial charge < -0.3 is 9.84 Å². The molecule has 0 bridgehead atoms. The molecule has 4 heteroatoms. The average Bonchev–Trinajstić information content (AvgIpc) is 3.03. The number of carbonyl (C=O) groups is 1. The van der Waals surface area contributed by atoms with E-state index in [-0.39, 0.29) is 11.5 Å². The molecule has 22 heavy (non-hydrogen) atoms. The fraction of sp³-hybridized carbons (Fsp3) is 0.0556. The van der Waals surface area contributed by atoms with E-state index >= 15 is 0 Å². The van der Waals surface area contributed by atoms with Crippen LogP contribution >= 0.6 is 11.3 Å². The summed E-state index contributed by atoms with van der Waals surface area (Å²) in [5.41, 5.74) is 1.21. The first-order valence-corrected chi connectivity index (χ1v) is 7.62. The van der Waals surface area contributed by atoms with Crippen LogP contribution in [0, 0.1) is 0 Å². The number of hydrogen-bond donors (Lipinski definition) is 1. The SMILES string of the molecule is COc1ccc(/C=C/C(=O)c2ccc3sccc3c2O)cc1. The second-order valence-electron chi connectivity index (χ2n) is 4.76. The molecule has 0 saturated heterocycles. The van der Waals surface area contributed by atoms with Crippen molar-refractivity contribution in [2.24, 2.45) is 0 Å². The molecule has 1 N–H and O–H groups in total. The van der Waals surface area contributed by atoms with E-state index in [1.54, 1.807) is 19.3 Å². The van der Waals surface area contributed by atoms with Crippen molar-refractivity contribution in [3.05, 3.63) is 65.0 Å². The maximum absolute atomic E-state index is 12.3. The summed E-state index contributed by atoms with van der Waals surface area (Å²) in [7, 11) is 1.61. The standard InChI is InChI=1S/C18H14O3S/c1-21-13-5-2-12(3-6-13)4-8-16(19)14-7-9-17-15(18(14)20)10-11-22-17/h2-11,20H,1H3/b8-4+. The fourth-order valence-electron chi connectivity index (χ4n) is 2.20. The number of rotatable bonds is 4. The summed E-state index contributed by atoms with van der Waals surface area (Å²) < 4.78 is 6.06. The van der Waals surface area contributed by atoms with Crippen molar-refractivity contribution in [2.45, 2.75) is 0 Å². The Labute approximate surface area is 132 Å². The van der Waals surface area contributed by atoms with Gasteiger partial charge in [-0.05, 0) is 47.4 Å².